The van der Waals surface area contributed by atoms with Gasteiger partial charge in [0.05, 0.1) is 6.04 Å². The molecule has 0 spiro atoms. The molecule has 1 atom stereocenters. The molecule has 0 heterocycles. The topological polar surface area (TPSA) is 46.2 Å². The molecule has 4 heteroatoms. The second-order valence-corrected chi connectivity index (χ2v) is 2.90. The number of hydrogen-bond acceptors (Lipinski definition) is 2. The van der Waals surface area contributed by atoms with E-state index in [0.717, 1.165) is 0 Å². The molecule has 1 aromatic rings. The summed E-state index contributed by atoms with van der Waals surface area (Å²) in [4.78, 5) is 0. The minimum absolute atomic E-state index is 0. The Bertz CT molecular complexity index is 302. The number of hydrogen-bond donors (Lipinski definition) is 2. The third-order valence-corrected chi connectivity index (χ3v) is 1.84. The van der Waals surface area contributed by atoms with Crippen LogP contribution in [0.15, 0.2) is 30.9 Å². The van der Waals surface area contributed by atoms with Crippen molar-refractivity contribution in [3.63, 3.8) is 0 Å². The summed E-state index contributed by atoms with van der Waals surface area (Å²) >= 11 is 5.72. The standard InChI is InChI=1S/C9H10ClNO.ClH/c1-2-8(11)7-5-6(10)3-4-9(7)12;/h2-5,8,12H,1,11H2;1H/t8-;/m1./s1. The van der Waals surface area contributed by atoms with E-state index in [9.17, 15) is 5.11 Å². The molecule has 1 rings (SSSR count). The number of nitrogens with two attached hydrogens (primary N) is 1. The van der Waals surface area contributed by atoms with E-state index in [-0.39, 0.29) is 24.2 Å². The van der Waals surface area contributed by atoms with Crippen molar-refractivity contribution in [3.8, 4) is 5.75 Å². The molecule has 1 aromatic carbocycles. The van der Waals surface area contributed by atoms with Crippen LogP contribution in [0, 0.1) is 0 Å². The van der Waals surface area contributed by atoms with Crippen LogP contribution in [0.5, 0.6) is 5.75 Å². The van der Waals surface area contributed by atoms with Crippen molar-refractivity contribution in [3.05, 3.63) is 41.4 Å². The lowest BCUT2D eigenvalue weighted by Crippen LogP contribution is -2.06. The van der Waals surface area contributed by atoms with Crippen molar-refractivity contribution in [2.75, 3.05) is 0 Å². The Balaban J connectivity index is 0.00000144. The molecule has 0 bridgehead atoms. The summed E-state index contributed by atoms with van der Waals surface area (Å²) < 4.78 is 0. The van der Waals surface area contributed by atoms with Gasteiger partial charge in [-0.3, -0.25) is 0 Å². The zero-order valence-electron chi connectivity index (χ0n) is 6.90. The maximum atomic E-state index is 9.35. The highest BCUT2D eigenvalue weighted by Crippen LogP contribution is 2.26. The van der Waals surface area contributed by atoms with Gasteiger partial charge in [0.1, 0.15) is 5.75 Å². The Kier molecular flexibility index (Phi) is 4.85. The van der Waals surface area contributed by atoms with Gasteiger partial charge >= 0.3 is 0 Å². The largest absolute Gasteiger partial charge is 0.508 e. The minimum atomic E-state index is -0.372. The molecule has 0 saturated carbocycles. The van der Waals surface area contributed by atoms with Gasteiger partial charge in [-0.25, -0.2) is 0 Å². The molecule has 0 aliphatic rings. The first-order valence-electron chi connectivity index (χ1n) is 3.51. The zero-order chi connectivity index (χ0) is 9.14. The molecule has 0 aliphatic heterocycles. The Morgan fingerprint density at radius 1 is 1.54 bits per heavy atom. The number of halogens is 2. The van der Waals surface area contributed by atoms with E-state index in [0.29, 0.717) is 10.6 Å². The van der Waals surface area contributed by atoms with E-state index in [1.54, 1.807) is 18.2 Å². The molecule has 3 N–H and O–H groups in total. The maximum Gasteiger partial charge on any atom is 0.120 e. The summed E-state index contributed by atoms with van der Waals surface area (Å²) in [6, 6.07) is 4.38. The molecule has 0 unspecified atom stereocenters. The number of phenolic OH excluding ortho intramolecular Hbond substituents is 1. The Morgan fingerprint density at radius 3 is 2.69 bits per heavy atom. The number of benzene rings is 1. The second-order valence-electron chi connectivity index (χ2n) is 2.46. The van der Waals surface area contributed by atoms with Crippen LogP contribution in [0.1, 0.15) is 11.6 Å². The van der Waals surface area contributed by atoms with Gasteiger partial charge in [-0.2, -0.15) is 0 Å². The highest BCUT2D eigenvalue weighted by Gasteiger charge is 2.07. The van der Waals surface area contributed by atoms with Crippen LogP contribution in [0.25, 0.3) is 0 Å². The predicted octanol–water partition coefficient (Wildman–Crippen LogP) is 2.65. The number of aromatic hydroxyl groups is 1. The predicted molar refractivity (Wildman–Crippen MR) is 57.5 cm³/mol. The fourth-order valence-corrected chi connectivity index (χ4v) is 1.10. The van der Waals surface area contributed by atoms with E-state index >= 15 is 0 Å². The second kappa shape index (κ2) is 5.12. The van der Waals surface area contributed by atoms with E-state index < -0.39 is 0 Å². The fraction of sp³-hybridized carbons (Fsp3) is 0.111. The van der Waals surface area contributed by atoms with Crippen LogP contribution in [0.2, 0.25) is 5.02 Å². The average molecular weight is 220 g/mol. The van der Waals surface area contributed by atoms with Crippen molar-refractivity contribution >= 4 is 24.0 Å². The van der Waals surface area contributed by atoms with Crippen molar-refractivity contribution in [2.45, 2.75) is 6.04 Å². The van der Waals surface area contributed by atoms with Crippen molar-refractivity contribution in [2.24, 2.45) is 5.73 Å². The van der Waals surface area contributed by atoms with Crippen LogP contribution < -0.4 is 5.73 Å². The van der Waals surface area contributed by atoms with Gasteiger partial charge < -0.3 is 10.8 Å². The molecule has 0 aliphatic carbocycles. The summed E-state index contributed by atoms with van der Waals surface area (Å²) in [5.41, 5.74) is 6.22. The van der Waals surface area contributed by atoms with Crippen molar-refractivity contribution < 1.29 is 5.11 Å². The van der Waals surface area contributed by atoms with Crippen molar-refractivity contribution in [1.82, 2.24) is 0 Å². The molecule has 0 saturated heterocycles. The number of rotatable bonds is 2. The van der Waals surface area contributed by atoms with Gasteiger partial charge in [0.2, 0.25) is 0 Å². The lowest BCUT2D eigenvalue weighted by Gasteiger charge is -2.08. The lowest BCUT2D eigenvalue weighted by atomic mass is 10.1. The molecule has 0 aromatic heterocycles. The third kappa shape index (κ3) is 2.92. The minimum Gasteiger partial charge on any atom is -0.508 e. The summed E-state index contributed by atoms with van der Waals surface area (Å²) in [6.07, 6.45) is 1.55. The number of phenols is 1. The van der Waals surface area contributed by atoms with Crippen LogP contribution in [-0.4, -0.2) is 5.11 Å². The molecular formula is C9H11Cl2NO. The molecule has 0 amide bonds. The van der Waals surface area contributed by atoms with E-state index in [1.807, 2.05) is 0 Å². The molecular weight excluding hydrogens is 209 g/mol. The van der Waals surface area contributed by atoms with Crippen LogP contribution in [0.4, 0.5) is 0 Å². The first-order valence-corrected chi connectivity index (χ1v) is 3.89. The normalized spacial score (nSPS) is 11.5. The molecule has 0 fully saturated rings. The van der Waals surface area contributed by atoms with Crippen LogP contribution in [-0.2, 0) is 0 Å². The zero-order valence-corrected chi connectivity index (χ0v) is 8.48. The average Bonchev–Trinajstić information content (AvgIpc) is 2.08. The summed E-state index contributed by atoms with van der Waals surface area (Å²) in [6.45, 7) is 3.53. The highest BCUT2D eigenvalue weighted by molar-refractivity contribution is 6.30. The van der Waals surface area contributed by atoms with E-state index in [1.165, 1.54) is 6.07 Å². The lowest BCUT2D eigenvalue weighted by molar-refractivity contribution is 0.466. The smallest absolute Gasteiger partial charge is 0.120 e. The molecule has 13 heavy (non-hydrogen) atoms. The first kappa shape index (κ1) is 12.3. The van der Waals surface area contributed by atoms with E-state index in [4.69, 9.17) is 17.3 Å². The SMILES string of the molecule is C=C[C@@H](N)c1cc(Cl)ccc1O.Cl. The monoisotopic (exact) mass is 219 g/mol. The Morgan fingerprint density at radius 2 is 2.15 bits per heavy atom. The van der Waals surface area contributed by atoms with E-state index in [2.05, 4.69) is 6.58 Å². The van der Waals surface area contributed by atoms with Crippen LogP contribution in [0.3, 0.4) is 0 Å². The fourth-order valence-electron chi connectivity index (χ4n) is 0.919. The molecule has 0 radical (unpaired) electrons. The molecule has 72 valence electrons. The maximum absolute atomic E-state index is 9.35. The van der Waals surface area contributed by atoms with Gasteiger partial charge in [-0.05, 0) is 18.2 Å². The quantitative estimate of drug-likeness (QED) is 0.752. The van der Waals surface area contributed by atoms with Crippen LogP contribution >= 0.6 is 24.0 Å². The van der Waals surface area contributed by atoms with Gasteiger partial charge in [0.15, 0.2) is 0 Å². The summed E-state index contributed by atoms with van der Waals surface area (Å²) in [5, 5.41) is 9.91. The summed E-state index contributed by atoms with van der Waals surface area (Å²) in [7, 11) is 0. The Hall–Kier alpha value is -0.700. The summed E-state index contributed by atoms with van der Waals surface area (Å²) in [5.74, 6) is 0.145. The van der Waals surface area contributed by atoms with Gasteiger partial charge in [-0.15, -0.1) is 19.0 Å². The van der Waals surface area contributed by atoms with Gasteiger partial charge in [0.25, 0.3) is 0 Å². The molecule has 2 nitrogen and oxygen atoms in total. The highest BCUT2D eigenvalue weighted by atomic mass is 35.5. The third-order valence-electron chi connectivity index (χ3n) is 1.60. The Labute approximate surface area is 88.4 Å². The first-order chi connectivity index (χ1) is 5.65. The van der Waals surface area contributed by atoms with Gasteiger partial charge in [-0.1, -0.05) is 17.7 Å². The van der Waals surface area contributed by atoms with Gasteiger partial charge in [0, 0.05) is 10.6 Å². The van der Waals surface area contributed by atoms with Crippen molar-refractivity contribution in [1.29, 1.82) is 0 Å².